The van der Waals surface area contributed by atoms with Gasteiger partial charge in [0.15, 0.2) is 5.76 Å². The molecule has 2 N–H and O–H groups in total. The van der Waals surface area contributed by atoms with Crippen molar-refractivity contribution in [3.05, 3.63) is 23.2 Å². The minimum absolute atomic E-state index is 0. The van der Waals surface area contributed by atoms with E-state index in [0.717, 1.165) is 24.0 Å². The quantitative estimate of drug-likeness (QED) is 0.432. The van der Waals surface area contributed by atoms with Crippen molar-refractivity contribution in [2.24, 2.45) is 5.92 Å². The summed E-state index contributed by atoms with van der Waals surface area (Å²) in [4.78, 5) is 0. The molecule has 15 heavy (non-hydrogen) atoms. The van der Waals surface area contributed by atoms with Crippen LogP contribution in [0.5, 0.6) is 0 Å². The zero-order chi connectivity index (χ0) is 10.3. The van der Waals surface area contributed by atoms with Crippen LogP contribution in [0.1, 0.15) is 12.8 Å². The van der Waals surface area contributed by atoms with Crippen molar-refractivity contribution in [1.82, 2.24) is 0 Å². The third kappa shape index (κ3) is 2.66. The number of fused-ring (bicyclic) bond motifs is 1. The van der Waals surface area contributed by atoms with Crippen LogP contribution in [0.3, 0.4) is 0 Å². The number of aliphatic hydroxyl groups excluding tert-OH is 2. The molecule has 1 aliphatic carbocycles. The Bertz CT molecular complexity index is 321. The topological polar surface area (TPSA) is 40.5 Å². The summed E-state index contributed by atoms with van der Waals surface area (Å²) in [5.74, 6) is 0.682. The highest BCUT2D eigenvalue weighted by molar-refractivity contribution is 5.28. The predicted octanol–water partition coefficient (Wildman–Crippen LogP) is -1.26. The SMILES string of the molecule is C[N+]1(C)CCC2CC(O)=C(O)C=C2C1.[I-]. The largest absolute Gasteiger partial charge is 1.00 e. The molecule has 1 heterocycles. The Morgan fingerprint density at radius 1 is 1.33 bits per heavy atom. The Labute approximate surface area is 108 Å². The lowest BCUT2D eigenvalue weighted by Crippen LogP contribution is -3.00. The molecule has 1 unspecified atom stereocenters. The fraction of sp³-hybridized carbons (Fsp3) is 0.636. The maximum atomic E-state index is 9.43. The highest BCUT2D eigenvalue weighted by Gasteiger charge is 2.33. The zero-order valence-corrected chi connectivity index (χ0v) is 11.4. The third-order valence-electron chi connectivity index (χ3n) is 3.28. The average molecular weight is 323 g/mol. The fourth-order valence-electron chi connectivity index (χ4n) is 2.39. The van der Waals surface area contributed by atoms with Gasteiger partial charge in [-0.3, -0.25) is 0 Å². The molecular formula is C11H18INO2. The molecule has 0 radical (unpaired) electrons. The molecule has 0 spiro atoms. The number of quaternary nitrogens is 1. The lowest BCUT2D eigenvalue weighted by molar-refractivity contribution is -0.890. The van der Waals surface area contributed by atoms with Crippen molar-refractivity contribution in [3.8, 4) is 0 Å². The molecule has 1 aliphatic heterocycles. The van der Waals surface area contributed by atoms with Gasteiger partial charge in [-0.2, -0.15) is 0 Å². The van der Waals surface area contributed by atoms with Gasteiger partial charge < -0.3 is 38.7 Å². The van der Waals surface area contributed by atoms with E-state index >= 15 is 0 Å². The van der Waals surface area contributed by atoms with Crippen LogP contribution in [0.25, 0.3) is 0 Å². The summed E-state index contributed by atoms with van der Waals surface area (Å²) in [5.41, 5.74) is 1.29. The normalized spacial score (nSPS) is 28.9. The van der Waals surface area contributed by atoms with E-state index in [-0.39, 0.29) is 35.5 Å². The van der Waals surface area contributed by atoms with E-state index in [2.05, 4.69) is 14.1 Å². The lowest BCUT2D eigenvalue weighted by atomic mass is 9.83. The van der Waals surface area contributed by atoms with E-state index in [1.54, 1.807) is 6.08 Å². The molecule has 2 rings (SSSR count). The van der Waals surface area contributed by atoms with Gasteiger partial charge in [0.25, 0.3) is 0 Å². The summed E-state index contributed by atoms with van der Waals surface area (Å²) in [5, 5.41) is 18.9. The van der Waals surface area contributed by atoms with E-state index < -0.39 is 0 Å². The van der Waals surface area contributed by atoms with Crippen LogP contribution in [-0.2, 0) is 0 Å². The van der Waals surface area contributed by atoms with Crippen molar-refractivity contribution in [2.75, 3.05) is 27.2 Å². The van der Waals surface area contributed by atoms with Gasteiger partial charge in [-0.25, -0.2) is 0 Å². The molecule has 0 aromatic carbocycles. The van der Waals surface area contributed by atoms with Gasteiger partial charge in [0.1, 0.15) is 12.3 Å². The Hall–Kier alpha value is -0.230. The highest BCUT2D eigenvalue weighted by atomic mass is 127. The summed E-state index contributed by atoms with van der Waals surface area (Å²) >= 11 is 0. The first-order chi connectivity index (χ1) is 6.48. The predicted molar refractivity (Wildman–Crippen MR) is 54.9 cm³/mol. The van der Waals surface area contributed by atoms with Crippen LogP contribution in [0.4, 0.5) is 0 Å². The monoisotopic (exact) mass is 323 g/mol. The molecule has 0 aromatic heterocycles. The van der Waals surface area contributed by atoms with Crippen molar-refractivity contribution >= 4 is 0 Å². The number of halogens is 1. The van der Waals surface area contributed by atoms with Gasteiger partial charge in [-0.15, -0.1) is 0 Å². The number of nitrogens with zero attached hydrogens (tertiary/aromatic N) is 1. The molecule has 1 saturated heterocycles. The van der Waals surface area contributed by atoms with E-state index in [1.165, 1.54) is 5.57 Å². The van der Waals surface area contributed by atoms with E-state index in [4.69, 9.17) is 0 Å². The Balaban J connectivity index is 0.00000112. The number of piperidine rings is 1. The number of likely N-dealkylation sites (tertiary alicyclic amines) is 1. The number of hydrogen-bond donors (Lipinski definition) is 2. The maximum absolute atomic E-state index is 9.43. The second-order valence-corrected chi connectivity index (χ2v) is 5.06. The lowest BCUT2D eigenvalue weighted by Gasteiger charge is -2.40. The minimum atomic E-state index is 0. The van der Waals surface area contributed by atoms with Crippen LogP contribution < -0.4 is 24.0 Å². The molecule has 86 valence electrons. The number of aliphatic hydroxyl groups is 2. The van der Waals surface area contributed by atoms with Gasteiger partial charge in [-0.05, 0) is 17.6 Å². The van der Waals surface area contributed by atoms with E-state index in [0.29, 0.717) is 12.3 Å². The highest BCUT2D eigenvalue weighted by Crippen LogP contribution is 2.34. The molecule has 0 amide bonds. The summed E-state index contributed by atoms with van der Waals surface area (Å²) in [6.45, 7) is 2.14. The summed E-state index contributed by atoms with van der Waals surface area (Å²) < 4.78 is 0.983. The zero-order valence-electron chi connectivity index (χ0n) is 9.20. The molecule has 1 fully saturated rings. The number of hydrogen-bond acceptors (Lipinski definition) is 2. The first kappa shape index (κ1) is 12.8. The Morgan fingerprint density at radius 2 is 2.00 bits per heavy atom. The average Bonchev–Trinajstić information content (AvgIpc) is 2.07. The first-order valence-electron chi connectivity index (χ1n) is 5.11. The second-order valence-electron chi connectivity index (χ2n) is 5.06. The number of allylic oxidation sites excluding steroid dienone is 2. The van der Waals surface area contributed by atoms with Crippen molar-refractivity contribution in [3.63, 3.8) is 0 Å². The first-order valence-corrected chi connectivity index (χ1v) is 5.11. The fourth-order valence-corrected chi connectivity index (χ4v) is 2.39. The molecule has 0 saturated carbocycles. The summed E-state index contributed by atoms with van der Waals surface area (Å²) in [6, 6.07) is 0. The molecule has 1 atom stereocenters. The van der Waals surface area contributed by atoms with Gasteiger partial charge in [0.05, 0.1) is 20.6 Å². The van der Waals surface area contributed by atoms with Gasteiger partial charge in [-0.1, -0.05) is 0 Å². The molecule has 2 aliphatic rings. The van der Waals surface area contributed by atoms with Gasteiger partial charge in [0, 0.05) is 12.8 Å². The standard InChI is InChI=1S/C11H17NO2.HI/c1-12(2)4-3-8-5-10(13)11(14)6-9(8)7-12;/h6,8H,3-5,7H2,1-2H3,(H-,13,14);1H. The summed E-state index contributed by atoms with van der Waals surface area (Å²) in [6.07, 6.45) is 3.48. The van der Waals surface area contributed by atoms with Crippen molar-refractivity contribution in [1.29, 1.82) is 0 Å². The van der Waals surface area contributed by atoms with Crippen LogP contribution in [0.2, 0.25) is 0 Å². The minimum Gasteiger partial charge on any atom is -1.00 e. The number of likely N-dealkylation sites (N-methyl/N-ethyl adjacent to an activating group) is 1. The van der Waals surface area contributed by atoms with E-state index in [1.807, 2.05) is 0 Å². The Morgan fingerprint density at radius 3 is 2.67 bits per heavy atom. The van der Waals surface area contributed by atoms with Crippen LogP contribution in [0, 0.1) is 5.92 Å². The van der Waals surface area contributed by atoms with E-state index in [9.17, 15) is 10.2 Å². The molecule has 0 aromatic rings. The molecule has 4 heteroatoms. The maximum Gasteiger partial charge on any atom is 0.153 e. The van der Waals surface area contributed by atoms with Crippen LogP contribution >= 0.6 is 0 Å². The molecule has 3 nitrogen and oxygen atoms in total. The van der Waals surface area contributed by atoms with Gasteiger partial charge in [0.2, 0.25) is 0 Å². The summed E-state index contributed by atoms with van der Waals surface area (Å²) in [7, 11) is 4.40. The smallest absolute Gasteiger partial charge is 0.153 e. The molecular weight excluding hydrogens is 305 g/mol. The Kier molecular flexibility index (Phi) is 3.71. The van der Waals surface area contributed by atoms with Crippen molar-refractivity contribution in [2.45, 2.75) is 12.8 Å². The second kappa shape index (κ2) is 4.33. The van der Waals surface area contributed by atoms with Crippen LogP contribution in [0.15, 0.2) is 23.2 Å². The van der Waals surface area contributed by atoms with Crippen molar-refractivity contribution < 1.29 is 38.7 Å². The van der Waals surface area contributed by atoms with Crippen LogP contribution in [-0.4, -0.2) is 41.9 Å². The molecule has 0 bridgehead atoms. The van der Waals surface area contributed by atoms with Gasteiger partial charge >= 0.3 is 0 Å². The number of rotatable bonds is 0. The third-order valence-corrected chi connectivity index (χ3v) is 3.28.